The number of quaternary nitrogens is 2. The van der Waals surface area contributed by atoms with Crippen LogP contribution in [0.4, 0.5) is 0 Å². The Bertz CT molecular complexity index is 548. The van der Waals surface area contributed by atoms with E-state index in [0.717, 1.165) is 17.8 Å². The molecule has 2 nitrogen and oxygen atoms in total. The highest BCUT2D eigenvalue weighted by atomic mass is 79.9. The minimum Gasteiger partial charge on any atom is -0.325 e. The fourth-order valence-corrected chi connectivity index (χ4v) is 5.22. The summed E-state index contributed by atoms with van der Waals surface area (Å²) in [6.07, 6.45) is 7.90. The predicted octanol–water partition coefficient (Wildman–Crippen LogP) is 0.945. The molecule has 0 spiro atoms. The summed E-state index contributed by atoms with van der Waals surface area (Å²) in [5.41, 5.74) is 1.46. The van der Waals surface area contributed by atoms with E-state index in [1.807, 2.05) is 4.90 Å². The Morgan fingerprint density at radius 1 is 1.00 bits per heavy atom. The molecular weight excluding hydrogens is 336 g/mol. The van der Waals surface area contributed by atoms with Crippen LogP contribution in [0.1, 0.15) is 18.4 Å². The van der Waals surface area contributed by atoms with Gasteiger partial charge in [-0.15, -0.1) is 0 Å². The van der Waals surface area contributed by atoms with Crippen LogP contribution >= 0.6 is 15.9 Å². The Labute approximate surface area is 142 Å². The lowest BCUT2D eigenvalue weighted by molar-refractivity contribution is -1.02. The van der Waals surface area contributed by atoms with Crippen LogP contribution in [-0.2, 0) is 6.54 Å². The molecular formula is C19H27BrN2+2. The molecule has 3 atom stereocenters. The van der Waals surface area contributed by atoms with E-state index in [9.17, 15) is 0 Å². The van der Waals surface area contributed by atoms with E-state index in [0.29, 0.717) is 0 Å². The maximum atomic E-state index is 3.58. The second kappa shape index (κ2) is 6.46. The van der Waals surface area contributed by atoms with Crippen LogP contribution < -0.4 is 9.80 Å². The number of nitrogens with one attached hydrogen (secondary N) is 2. The monoisotopic (exact) mass is 362 g/mol. The Morgan fingerprint density at radius 2 is 1.82 bits per heavy atom. The highest BCUT2D eigenvalue weighted by molar-refractivity contribution is 9.10. The van der Waals surface area contributed by atoms with Gasteiger partial charge in [-0.05, 0) is 36.8 Å². The number of hydrogen-bond acceptors (Lipinski definition) is 0. The fourth-order valence-electron chi connectivity index (χ4n) is 4.77. The van der Waals surface area contributed by atoms with Gasteiger partial charge in [0, 0.05) is 16.0 Å². The second-order valence-electron chi connectivity index (χ2n) is 7.55. The first kappa shape index (κ1) is 14.9. The summed E-state index contributed by atoms with van der Waals surface area (Å²) in [5, 5.41) is 0. The van der Waals surface area contributed by atoms with Crippen LogP contribution in [0.2, 0.25) is 0 Å². The minimum atomic E-state index is 0.921. The molecule has 2 aliphatic carbocycles. The zero-order valence-corrected chi connectivity index (χ0v) is 14.8. The third-order valence-corrected chi connectivity index (χ3v) is 6.47. The molecule has 118 valence electrons. The summed E-state index contributed by atoms with van der Waals surface area (Å²) in [5.74, 6) is 2.83. The van der Waals surface area contributed by atoms with Crippen molar-refractivity contribution in [1.29, 1.82) is 0 Å². The summed E-state index contributed by atoms with van der Waals surface area (Å²) in [6.45, 7) is 8.00. The number of piperazine rings is 1. The molecule has 2 fully saturated rings. The van der Waals surface area contributed by atoms with Crippen molar-refractivity contribution in [2.24, 2.45) is 17.8 Å². The van der Waals surface area contributed by atoms with E-state index in [4.69, 9.17) is 0 Å². The van der Waals surface area contributed by atoms with Crippen LogP contribution in [0, 0.1) is 17.8 Å². The maximum absolute atomic E-state index is 3.58. The number of hydrogen-bond donors (Lipinski definition) is 2. The summed E-state index contributed by atoms with van der Waals surface area (Å²) >= 11 is 3.58. The molecule has 3 heteroatoms. The third kappa shape index (κ3) is 3.32. The van der Waals surface area contributed by atoms with Gasteiger partial charge in [-0.3, -0.25) is 0 Å². The first-order valence-electron chi connectivity index (χ1n) is 8.86. The maximum Gasteiger partial charge on any atom is 0.127 e. The Balaban J connectivity index is 1.25. The first-order chi connectivity index (χ1) is 10.8. The SMILES string of the molecule is Brc1cccc(C[NH+]2CC[NH+](C[C@H]3C[C@@H]4C=C[C@H]3C4)CC2)c1. The van der Waals surface area contributed by atoms with Crippen molar-refractivity contribution in [2.75, 3.05) is 32.7 Å². The zero-order chi connectivity index (χ0) is 14.9. The van der Waals surface area contributed by atoms with Crippen LogP contribution in [0.3, 0.4) is 0 Å². The normalized spacial score (nSPS) is 36.9. The quantitative estimate of drug-likeness (QED) is 0.737. The zero-order valence-electron chi connectivity index (χ0n) is 13.2. The smallest absolute Gasteiger partial charge is 0.127 e. The molecule has 0 unspecified atom stereocenters. The van der Waals surface area contributed by atoms with Crippen LogP contribution in [0.5, 0.6) is 0 Å². The number of benzene rings is 1. The lowest BCUT2D eigenvalue weighted by Crippen LogP contribution is -3.27. The summed E-state index contributed by atoms with van der Waals surface area (Å²) in [7, 11) is 0. The Hall–Kier alpha value is -0.640. The molecule has 1 heterocycles. The van der Waals surface area contributed by atoms with Gasteiger partial charge in [0.2, 0.25) is 0 Å². The van der Waals surface area contributed by atoms with Gasteiger partial charge in [-0.1, -0.05) is 40.2 Å². The van der Waals surface area contributed by atoms with E-state index in [1.54, 1.807) is 4.90 Å². The highest BCUT2D eigenvalue weighted by Crippen LogP contribution is 2.42. The standard InChI is InChI=1S/C19H25BrN2/c20-19-3-1-2-16(12-19)13-21-6-8-22(9-7-21)14-18-11-15-4-5-17(18)10-15/h1-5,12,15,17-18H,6-11,13-14H2/p+2/t15-,17+,18-/m1/s1. The molecule has 2 N–H and O–H groups in total. The Morgan fingerprint density at radius 3 is 2.50 bits per heavy atom. The molecule has 0 aromatic heterocycles. The van der Waals surface area contributed by atoms with Gasteiger partial charge in [-0.25, -0.2) is 0 Å². The minimum absolute atomic E-state index is 0.921. The van der Waals surface area contributed by atoms with Crippen molar-refractivity contribution >= 4 is 15.9 Å². The van der Waals surface area contributed by atoms with Gasteiger partial charge in [0.25, 0.3) is 0 Å². The van der Waals surface area contributed by atoms with Crippen molar-refractivity contribution in [1.82, 2.24) is 0 Å². The lowest BCUT2D eigenvalue weighted by atomic mass is 9.93. The molecule has 22 heavy (non-hydrogen) atoms. The highest BCUT2D eigenvalue weighted by Gasteiger charge is 2.38. The van der Waals surface area contributed by atoms with Crippen LogP contribution in [-0.4, -0.2) is 32.7 Å². The molecule has 1 saturated carbocycles. The fraction of sp³-hybridized carbons (Fsp3) is 0.579. The van der Waals surface area contributed by atoms with Crippen molar-refractivity contribution in [3.05, 3.63) is 46.5 Å². The van der Waals surface area contributed by atoms with Gasteiger partial charge in [0.1, 0.15) is 32.7 Å². The van der Waals surface area contributed by atoms with Gasteiger partial charge >= 0.3 is 0 Å². The van der Waals surface area contributed by atoms with Crippen LogP contribution in [0.25, 0.3) is 0 Å². The molecule has 2 bridgehead atoms. The van der Waals surface area contributed by atoms with Gasteiger partial charge in [-0.2, -0.15) is 0 Å². The van der Waals surface area contributed by atoms with E-state index in [1.165, 1.54) is 62.1 Å². The topological polar surface area (TPSA) is 8.88 Å². The third-order valence-electron chi connectivity index (χ3n) is 5.97. The van der Waals surface area contributed by atoms with E-state index in [-0.39, 0.29) is 0 Å². The van der Waals surface area contributed by atoms with Crippen LogP contribution in [0.15, 0.2) is 40.9 Å². The molecule has 3 aliphatic rings. The van der Waals surface area contributed by atoms with E-state index >= 15 is 0 Å². The van der Waals surface area contributed by atoms with Crippen molar-refractivity contribution in [3.8, 4) is 0 Å². The number of allylic oxidation sites excluding steroid dienone is 2. The molecule has 1 aliphatic heterocycles. The predicted molar refractivity (Wildman–Crippen MR) is 93.0 cm³/mol. The molecule has 1 aromatic rings. The largest absolute Gasteiger partial charge is 0.325 e. The average Bonchev–Trinajstić information content (AvgIpc) is 3.12. The van der Waals surface area contributed by atoms with Gasteiger partial charge < -0.3 is 9.80 Å². The Kier molecular flexibility index (Phi) is 4.38. The lowest BCUT2D eigenvalue weighted by Gasteiger charge is -2.32. The van der Waals surface area contributed by atoms with Crippen molar-refractivity contribution < 1.29 is 9.80 Å². The second-order valence-corrected chi connectivity index (χ2v) is 8.47. The van der Waals surface area contributed by atoms with Crippen molar-refractivity contribution in [2.45, 2.75) is 19.4 Å². The van der Waals surface area contributed by atoms with E-state index < -0.39 is 0 Å². The molecule has 1 aromatic carbocycles. The number of rotatable bonds is 4. The van der Waals surface area contributed by atoms with Crippen molar-refractivity contribution in [3.63, 3.8) is 0 Å². The first-order valence-corrected chi connectivity index (χ1v) is 9.65. The summed E-state index contributed by atoms with van der Waals surface area (Å²) in [4.78, 5) is 3.62. The molecule has 0 amide bonds. The molecule has 1 saturated heterocycles. The molecule has 4 rings (SSSR count). The summed E-state index contributed by atoms with van der Waals surface area (Å²) in [6, 6.07) is 8.81. The van der Waals surface area contributed by atoms with E-state index in [2.05, 4.69) is 52.3 Å². The number of fused-ring (bicyclic) bond motifs is 2. The van der Waals surface area contributed by atoms with Gasteiger partial charge in [0.15, 0.2) is 0 Å². The molecule has 0 radical (unpaired) electrons. The summed E-state index contributed by atoms with van der Waals surface area (Å²) < 4.78 is 1.21. The van der Waals surface area contributed by atoms with Gasteiger partial charge in [0.05, 0.1) is 6.54 Å². The number of halogens is 1. The average molecular weight is 363 g/mol.